The SMILES string of the molecule is O=C1NC(=S)S/C1=C/c1c(Br)cccc1OCc1ccccc1Br. The molecule has 1 N–H and O–H groups in total. The van der Waals surface area contributed by atoms with Crippen LogP contribution in [0, 0.1) is 0 Å². The quantitative estimate of drug-likeness (QED) is 0.473. The number of hydrogen-bond acceptors (Lipinski definition) is 4. The zero-order chi connectivity index (χ0) is 17.1. The molecule has 122 valence electrons. The van der Waals surface area contributed by atoms with Crippen molar-refractivity contribution < 1.29 is 9.53 Å². The molecule has 1 aliphatic heterocycles. The van der Waals surface area contributed by atoms with E-state index in [2.05, 4.69) is 37.2 Å². The molecule has 0 aliphatic carbocycles. The van der Waals surface area contributed by atoms with Crippen molar-refractivity contribution in [2.45, 2.75) is 6.61 Å². The molecule has 2 aromatic rings. The molecule has 1 amide bonds. The number of halogens is 2. The number of rotatable bonds is 4. The smallest absolute Gasteiger partial charge is 0.263 e. The molecule has 24 heavy (non-hydrogen) atoms. The Hall–Kier alpha value is -1.15. The summed E-state index contributed by atoms with van der Waals surface area (Å²) in [6.45, 7) is 0.422. The first-order valence-corrected chi connectivity index (χ1v) is 9.75. The third kappa shape index (κ3) is 4.08. The van der Waals surface area contributed by atoms with Crippen LogP contribution in [0.4, 0.5) is 0 Å². The molecule has 0 radical (unpaired) electrons. The van der Waals surface area contributed by atoms with E-state index in [9.17, 15) is 4.79 Å². The van der Waals surface area contributed by atoms with Gasteiger partial charge in [-0.05, 0) is 24.3 Å². The second-order valence-corrected chi connectivity index (χ2v) is 8.31. The fourth-order valence-corrected chi connectivity index (χ4v) is 3.99. The maximum absolute atomic E-state index is 11.9. The standard InChI is InChI=1S/C17H11Br2NO2S2/c18-12-5-2-1-4-10(12)9-22-14-7-3-6-13(19)11(14)8-15-16(21)20-17(23)24-15/h1-8H,9H2,(H,20,21,23)/b15-8+. The van der Waals surface area contributed by atoms with Gasteiger partial charge in [-0.2, -0.15) is 0 Å². The zero-order valence-electron chi connectivity index (χ0n) is 12.2. The summed E-state index contributed by atoms with van der Waals surface area (Å²) in [5.41, 5.74) is 1.86. The van der Waals surface area contributed by atoms with Gasteiger partial charge in [-0.15, -0.1) is 0 Å². The van der Waals surface area contributed by atoms with E-state index in [1.807, 2.05) is 42.5 Å². The third-order valence-electron chi connectivity index (χ3n) is 3.27. The Kier molecular flexibility index (Phi) is 5.76. The number of carbonyl (C=O) groups is 1. The van der Waals surface area contributed by atoms with Crippen LogP contribution >= 0.6 is 55.8 Å². The van der Waals surface area contributed by atoms with Crippen LogP contribution in [0.15, 0.2) is 56.3 Å². The molecule has 1 fully saturated rings. The average molecular weight is 485 g/mol. The molecule has 3 rings (SSSR count). The van der Waals surface area contributed by atoms with Gasteiger partial charge in [-0.25, -0.2) is 0 Å². The van der Waals surface area contributed by atoms with Crippen LogP contribution in [0.25, 0.3) is 6.08 Å². The summed E-state index contributed by atoms with van der Waals surface area (Å²) in [6, 6.07) is 13.6. The first kappa shape index (κ1) is 17.7. The maximum Gasteiger partial charge on any atom is 0.263 e. The van der Waals surface area contributed by atoms with Crippen LogP contribution in [-0.2, 0) is 11.4 Å². The predicted molar refractivity (Wildman–Crippen MR) is 109 cm³/mol. The Morgan fingerprint density at radius 3 is 2.58 bits per heavy atom. The van der Waals surface area contributed by atoms with E-state index in [0.717, 1.165) is 20.1 Å². The molecule has 0 atom stereocenters. The highest BCUT2D eigenvalue weighted by atomic mass is 79.9. The van der Waals surface area contributed by atoms with E-state index in [-0.39, 0.29) is 5.91 Å². The van der Waals surface area contributed by atoms with E-state index in [1.54, 1.807) is 6.08 Å². The van der Waals surface area contributed by atoms with Crippen molar-refractivity contribution in [2.75, 3.05) is 0 Å². The van der Waals surface area contributed by atoms with E-state index in [4.69, 9.17) is 17.0 Å². The second-order valence-electron chi connectivity index (χ2n) is 4.88. The normalized spacial score (nSPS) is 15.7. The summed E-state index contributed by atoms with van der Waals surface area (Å²) in [5, 5.41) is 2.62. The van der Waals surface area contributed by atoms with Crippen LogP contribution in [0.5, 0.6) is 5.75 Å². The minimum atomic E-state index is -0.183. The van der Waals surface area contributed by atoms with Gasteiger partial charge in [0.25, 0.3) is 5.91 Å². The van der Waals surface area contributed by atoms with Crippen molar-refractivity contribution in [2.24, 2.45) is 0 Å². The van der Waals surface area contributed by atoms with Crippen LogP contribution in [0.2, 0.25) is 0 Å². The number of hydrogen-bond donors (Lipinski definition) is 1. The van der Waals surface area contributed by atoms with Crippen LogP contribution < -0.4 is 10.1 Å². The highest BCUT2D eigenvalue weighted by Crippen LogP contribution is 2.34. The third-order valence-corrected chi connectivity index (χ3v) is 5.90. The molecule has 1 aliphatic rings. The number of thiocarbonyl (C=S) groups is 1. The van der Waals surface area contributed by atoms with Gasteiger partial charge in [0, 0.05) is 20.1 Å². The second kappa shape index (κ2) is 7.82. The Labute approximate surface area is 166 Å². The molecule has 7 heteroatoms. The van der Waals surface area contributed by atoms with E-state index >= 15 is 0 Å². The zero-order valence-corrected chi connectivity index (χ0v) is 17.0. The Morgan fingerprint density at radius 2 is 1.88 bits per heavy atom. The van der Waals surface area contributed by atoms with E-state index in [0.29, 0.717) is 21.6 Å². The topological polar surface area (TPSA) is 38.3 Å². The summed E-state index contributed by atoms with van der Waals surface area (Å²) in [6.07, 6.45) is 1.79. The fourth-order valence-electron chi connectivity index (χ4n) is 2.11. The minimum absolute atomic E-state index is 0.183. The highest BCUT2D eigenvalue weighted by molar-refractivity contribution is 9.10. The molecule has 2 aromatic carbocycles. The number of benzene rings is 2. The number of ether oxygens (including phenoxy) is 1. The number of amides is 1. The molecule has 0 saturated carbocycles. The molecule has 3 nitrogen and oxygen atoms in total. The van der Waals surface area contributed by atoms with Gasteiger partial charge < -0.3 is 10.1 Å². The van der Waals surface area contributed by atoms with Crippen LogP contribution in [0.3, 0.4) is 0 Å². The van der Waals surface area contributed by atoms with Crippen molar-refractivity contribution in [3.8, 4) is 5.75 Å². The average Bonchev–Trinajstić information content (AvgIpc) is 2.87. The van der Waals surface area contributed by atoms with Crippen molar-refractivity contribution in [1.29, 1.82) is 0 Å². The minimum Gasteiger partial charge on any atom is -0.488 e. The number of nitrogens with one attached hydrogen (secondary N) is 1. The molecule has 0 spiro atoms. The lowest BCUT2D eigenvalue weighted by Crippen LogP contribution is -2.17. The number of carbonyl (C=O) groups excluding carboxylic acids is 1. The summed E-state index contributed by atoms with van der Waals surface area (Å²) in [7, 11) is 0. The first-order chi connectivity index (χ1) is 11.5. The lowest BCUT2D eigenvalue weighted by atomic mass is 10.1. The summed E-state index contributed by atoms with van der Waals surface area (Å²) in [4.78, 5) is 12.4. The molecule has 0 unspecified atom stereocenters. The number of thioether (sulfide) groups is 1. The van der Waals surface area contributed by atoms with Gasteiger partial charge in [-0.3, -0.25) is 4.79 Å². The van der Waals surface area contributed by atoms with E-state index < -0.39 is 0 Å². The molecule has 0 aromatic heterocycles. The van der Waals surface area contributed by atoms with Crippen molar-refractivity contribution >= 4 is 72.1 Å². The largest absolute Gasteiger partial charge is 0.488 e. The van der Waals surface area contributed by atoms with Crippen molar-refractivity contribution in [3.05, 3.63) is 67.4 Å². The monoisotopic (exact) mass is 483 g/mol. The lowest BCUT2D eigenvalue weighted by Gasteiger charge is -2.12. The van der Waals surface area contributed by atoms with Crippen molar-refractivity contribution in [1.82, 2.24) is 5.32 Å². The molecular weight excluding hydrogens is 474 g/mol. The highest BCUT2D eigenvalue weighted by Gasteiger charge is 2.23. The predicted octanol–water partition coefficient (Wildman–Crippen LogP) is 5.28. The molecule has 0 bridgehead atoms. The van der Waals surface area contributed by atoms with Gasteiger partial charge in [-0.1, -0.05) is 80.1 Å². The van der Waals surface area contributed by atoms with E-state index in [1.165, 1.54) is 11.8 Å². The Bertz CT molecular complexity index is 852. The van der Waals surface area contributed by atoms with Gasteiger partial charge in [0.05, 0.1) is 4.91 Å². The van der Waals surface area contributed by atoms with Gasteiger partial charge in [0.1, 0.15) is 16.7 Å². The summed E-state index contributed by atoms with van der Waals surface area (Å²) >= 11 is 13.3. The molecular formula is C17H11Br2NO2S2. The first-order valence-electron chi connectivity index (χ1n) is 6.94. The summed E-state index contributed by atoms with van der Waals surface area (Å²) in [5.74, 6) is 0.511. The van der Waals surface area contributed by atoms with Crippen LogP contribution in [0.1, 0.15) is 11.1 Å². The van der Waals surface area contributed by atoms with Crippen LogP contribution in [-0.4, -0.2) is 10.2 Å². The molecule has 1 heterocycles. The summed E-state index contributed by atoms with van der Waals surface area (Å²) < 4.78 is 8.29. The van der Waals surface area contributed by atoms with Gasteiger partial charge in [0.15, 0.2) is 0 Å². The maximum atomic E-state index is 11.9. The fraction of sp³-hybridized carbons (Fsp3) is 0.0588. The lowest BCUT2D eigenvalue weighted by molar-refractivity contribution is -0.115. The Balaban J connectivity index is 1.88. The Morgan fingerprint density at radius 1 is 1.12 bits per heavy atom. The van der Waals surface area contributed by atoms with Gasteiger partial charge in [0.2, 0.25) is 0 Å². The van der Waals surface area contributed by atoms with Crippen molar-refractivity contribution in [3.63, 3.8) is 0 Å². The molecule has 1 saturated heterocycles. The van der Waals surface area contributed by atoms with Gasteiger partial charge >= 0.3 is 0 Å².